The number of nitrogens with zero attached hydrogens (tertiary/aromatic N) is 4. The van der Waals surface area contributed by atoms with Gasteiger partial charge in [-0.1, -0.05) is 35.2 Å². The normalized spacial score (nSPS) is 12.1. The van der Waals surface area contributed by atoms with Crippen molar-refractivity contribution >= 4 is 44.4 Å². The Kier molecular flexibility index (Phi) is 6.66. The summed E-state index contributed by atoms with van der Waals surface area (Å²) in [4.78, 5) is 16.8. The van der Waals surface area contributed by atoms with Crippen molar-refractivity contribution in [1.82, 2.24) is 19.7 Å². The minimum atomic E-state index is -0.791. The topological polar surface area (TPSA) is 81.9 Å². The number of thioether (sulfide) groups is 1. The Morgan fingerprint density at radius 1 is 1.25 bits per heavy atom. The van der Waals surface area contributed by atoms with Crippen LogP contribution in [0.5, 0.6) is 5.75 Å². The van der Waals surface area contributed by atoms with Gasteiger partial charge in [0.15, 0.2) is 33.8 Å². The van der Waals surface area contributed by atoms with Crippen molar-refractivity contribution in [3.63, 3.8) is 0 Å². The molecule has 0 aliphatic heterocycles. The molecule has 7 nitrogen and oxygen atoms in total. The van der Waals surface area contributed by atoms with Crippen LogP contribution in [0.2, 0.25) is 0 Å². The number of anilines is 1. The average Bonchev–Trinajstić information content (AvgIpc) is 3.37. The van der Waals surface area contributed by atoms with E-state index in [0.29, 0.717) is 22.7 Å². The van der Waals surface area contributed by atoms with Crippen LogP contribution < -0.4 is 10.1 Å². The quantitative estimate of drug-likeness (QED) is 0.359. The summed E-state index contributed by atoms with van der Waals surface area (Å²) >= 11 is 2.64. The molecule has 4 aromatic rings. The summed E-state index contributed by atoms with van der Waals surface area (Å²) < 4.78 is 35.4. The Labute approximate surface area is 190 Å². The van der Waals surface area contributed by atoms with Crippen LogP contribution in [0.3, 0.4) is 0 Å². The van der Waals surface area contributed by atoms with E-state index < -0.39 is 17.7 Å². The van der Waals surface area contributed by atoms with Crippen LogP contribution in [-0.2, 0) is 11.3 Å². The number of hydrogen-bond acceptors (Lipinski definition) is 7. The Hall–Kier alpha value is -3.05. The van der Waals surface area contributed by atoms with Crippen molar-refractivity contribution in [2.45, 2.75) is 31.7 Å². The number of amides is 1. The van der Waals surface area contributed by atoms with E-state index in [0.717, 1.165) is 22.3 Å². The Balaban J connectivity index is 1.40. The lowest BCUT2D eigenvalue weighted by Gasteiger charge is -2.16. The molecule has 1 amide bonds. The Morgan fingerprint density at radius 2 is 2.06 bits per heavy atom. The monoisotopic (exact) mass is 475 g/mol. The van der Waals surface area contributed by atoms with Gasteiger partial charge in [-0.3, -0.25) is 4.79 Å². The number of hydrogen-bond donors (Lipinski definition) is 1. The van der Waals surface area contributed by atoms with Crippen LogP contribution in [0.25, 0.3) is 10.2 Å². The summed E-state index contributed by atoms with van der Waals surface area (Å²) in [7, 11) is 0. The minimum absolute atomic E-state index is 0.0750. The highest BCUT2D eigenvalue weighted by Gasteiger charge is 2.21. The van der Waals surface area contributed by atoms with Gasteiger partial charge in [0.25, 0.3) is 0 Å². The fourth-order valence-electron chi connectivity index (χ4n) is 3.03. The van der Waals surface area contributed by atoms with E-state index in [9.17, 15) is 13.6 Å². The van der Waals surface area contributed by atoms with Gasteiger partial charge in [0.05, 0.1) is 16.0 Å². The lowest BCUT2D eigenvalue weighted by Crippen LogP contribution is -2.15. The molecule has 1 atom stereocenters. The van der Waals surface area contributed by atoms with Gasteiger partial charge in [0.2, 0.25) is 5.91 Å². The molecule has 32 heavy (non-hydrogen) atoms. The summed E-state index contributed by atoms with van der Waals surface area (Å²) in [5, 5.41) is 12.2. The molecule has 0 aliphatic carbocycles. The zero-order valence-corrected chi connectivity index (χ0v) is 18.8. The van der Waals surface area contributed by atoms with Crippen LogP contribution in [0.4, 0.5) is 13.9 Å². The van der Waals surface area contributed by atoms with Crippen molar-refractivity contribution in [2.75, 3.05) is 11.1 Å². The number of para-hydroxylation sites is 1. The minimum Gasteiger partial charge on any atom is -0.480 e. The number of fused-ring (bicyclic) bond motifs is 1. The zero-order valence-electron chi connectivity index (χ0n) is 17.2. The van der Waals surface area contributed by atoms with Crippen LogP contribution in [0, 0.1) is 11.6 Å². The van der Waals surface area contributed by atoms with E-state index in [1.807, 2.05) is 31.2 Å². The molecular formula is C21H19F2N5O2S2. The molecule has 0 saturated carbocycles. The van der Waals surface area contributed by atoms with Gasteiger partial charge < -0.3 is 14.6 Å². The summed E-state index contributed by atoms with van der Waals surface area (Å²) in [6.45, 7) is 4.14. The number of nitrogens with one attached hydrogen (secondary N) is 1. The maximum atomic E-state index is 13.9. The number of thiazole rings is 1. The second-order valence-electron chi connectivity index (χ2n) is 6.74. The molecule has 0 aliphatic rings. The zero-order chi connectivity index (χ0) is 22.7. The molecule has 1 N–H and O–H groups in total. The van der Waals surface area contributed by atoms with Crippen molar-refractivity contribution < 1.29 is 18.3 Å². The molecule has 2 aromatic carbocycles. The maximum Gasteiger partial charge on any atom is 0.236 e. The number of carbonyl (C=O) groups excluding carboxylic acids is 1. The molecular weight excluding hydrogens is 456 g/mol. The molecule has 0 saturated heterocycles. The van der Waals surface area contributed by atoms with E-state index in [1.165, 1.54) is 29.2 Å². The molecule has 2 aromatic heterocycles. The van der Waals surface area contributed by atoms with E-state index in [1.54, 1.807) is 11.5 Å². The second-order valence-corrected chi connectivity index (χ2v) is 8.72. The summed E-state index contributed by atoms with van der Waals surface area (Å²) in [5.41, 5.74) is 0.836. The highest BCUT2D eigenvalue weighted by atomic mass is 32.2. The smallest absolute Gasteiger partial charge is 0.236 e. The van der Waals surface area contributed by atoms with Crippen LogP contribution in [-0.4, -0.2) is 31.4 Å². The third-order valence-corrected chi connectivity index (χ3v) is 6.41. The first-order valence-corrected chi connectivity index (χ1v) is 11.6. The Morgan fingerprint density at radius 3 is 2.81 bits per heavy atom. The van der Waals surface area contributed by atoms with Gasteiger partial charge in [0.1, 0.15) is 5.82 Å². The molecule has 0 spiro atoms. The molecule has 166 valence electrons. The lowest BCUT2D eigenvalue weighted by molar-refractivity contribution is -0.113. The van der Waals surface area contributed by atoms with Crippen LogP contribution in [0.1, 0.15) is 25.8 Å². The van der Waals surface area contributed by atoms with Crippen molar-refractivity contribution in [2.24, 2.45) is 0 Å². The van der Waals surface area contributed by atoms with Gasteiger partial charge in [0, 0.05) is 12.6 Å². The number of benzene rings is 2. The molecule has 0 fully saturated rings. The molecule has 11 heteroatoms. The Bertz CT molecular complexity index is 1230. The number of carbonyl (C=O) groups is 1. The van der Waals surface area contributed by atoms with Gasteiger partial charge in [-0.05, 0) is 38.1 Å². The highest BCUT2D eigenvalue weighted by Crippen LogP contribution is 2.28. The standard InChI is InChI=1S/C21H19F2N5O2S2/c1-3-28-19(12(2)30-16-9-8-13(22)10-14(16)23)26-27-21(28)31-11-18(29)25-20-24-15-6-4-5-7-17(15)32-20/h4-10,12H,3,11H2,1-2H3,(H,24,25,29). The van der Waals surface area contributed by atoms with E-state index in [2.05, 4.69) is 20.5 Å². The third-order valence-electron chi connectivity index (χ3n) is 4.50. The highest BCUT2D eigenvalue weighted by molar-refractivity contribution is 7.99. The van der Waals surface area contributed by atoms with Crippen LogP contribution >= 0.6 is 23.1 Å². The van der Waals surface area contributed by atoms with Crippen molar-refractivity contribution in [3.8, 4) is 5.75 Å². The van der Waals surface area contributed by atoms with Gasteiger partial charge >= 0.3 is 0 Å². The number of aromatic nitrogens is 4. The molecule has 1 unspecified atom stereocenters. The lowest BCUT2D eigenvalue weighted by atomic mass is 10.3. The summed E-state index contributed by atoms with van der Waals surface area (Å²) in [5.74, 6) is -1.16. The second kappa shape index (κ2) is 9.61. The van der Waals surface area contributed by atoms with Gasteiger partial charge in [-0.15, -0.1) is 10.2 Å². The number of halogens is 2. The fourth-order valence-corrected chi connectivity index (χ4v) is 4.72. The van der Waals surface area contributed by atoms with Gasteiger partial charge in [-0.2, -0.15) is 0 Å². The van der Waals surface area contributed by atoms with E-state index in [4.69, 9.17) is 4.74 Å². The van der Waals surface area contributed by atoms with E-state index >= 15 is 0 Å². The van der Waals surface area contributed by atoms with Crippen molar-refractivity contribution in [1.29, 1.82) is 0 Å². The van der Waals surface area contributed by atoms with Crippen molar-refractivity contribution in [3.05, 3.63) is 59.9 Å². The average molecular weight is 476 g/mol. The SMILES string of the molecule is CCn1c(SCC(=O)Nc2nc3ccccc3s2)nnc1C(C)Oc1ccc(F)cc1F. The van der Waals surface area contributed by atoms with Crippen LogP contribution in [0.15, 0.2) is 47.6 Å². The predicted molar refractivity (Wildman–Crippen MR) is 120 cm³/mol. The molecule has 4 rings (SSSR count). The maximum absolute atomic E-state index is 13.9. The van der Waals surface area contributed by atoms with E-state index in [-0.39, 0.29) is 17.4 Å². The summed E-state index contributed by atoms with van der Waals surface area (Å²) in [6, 6.07) is 10.8. The first-order chi connectivity index (χ1) is 15.4. The number of rotatable bonds is 8. The molecule has 0 radical (unpaired) electrons. The predicted octanol–water partition coefficient (Wildman–Crippen LogP) is 5.06. The largest absolute Gasteiger partial charge is 0.480 e. The fraction of sp³-hybridized carbons (Fsp3) is 0.238. The first kappa shape index (κ1) is 22.2. The summed E-state index contributed by atoms with van der Waals surface area (Å²) in [6.07, 6.45) is -0.631. The first-order valence-electron chi connectivity index (χ1n) is 9.77. The molecule has 2 heterocycles. The van der Waals surface area contributed by atoms with Gasteiger partial charge in [-0.25, -0.2) is 13.8 Å². The molecule has 0 bridgehead atoms. The third kappa shape index (κ3) is 4.89. The number of ether oxygens (including phenoxy) is 1.